The van der Waals surface area contributed by atoms with Crippen LogP contribution in [0.15, 0.2) is 76.6 Å². The predicted octanol–water partition coefficient (Wildman–Crippen LogP) is 5.84. The Hall–Kier alpha value is -5.09. The molecule has 3 aromatic carbocycles. The maximum Gasteiger partial charge on any atom is 0.418 e. The van der Waals surface area contributed by atoms with Gasteiger partial charge in [-0.05, 0) is 67.9 Å². The number of imide groups is 1. The van der Waals surface area contributed by atoms with Gasteiger partial charge in [0.1, 0.15) is 5.25 Å². The summed E-state index contributed by atoms with van der Waals surface area (Å²) in [6, 6.07) is 15.2. The van der Waals surface area contributed by atoms with Crippen LogP contribution in [0, 0.1) is 5.92 Å². The first-order valence-electron chi connectivity index (χ1n) is 15.3. The third-order valence-corrected chi connectivity index (χ3v) is 10.4. The van der Waals surface area contributed by atoms with E-state index in [0.29, 0.717) is 15.5 Å². The molecule has 11 nitrogen and oxygen atoms in total. The van der Waals surface area contributed by atoms with Crippen LogP contribution in [-0.2, 0) is 25.3 Å². The zero-order chi connectivity index (χ0) is 35.7. The second kappa shape index (κ2) is 14.0. The third kappa shape index (κ3) is 6.72. The molecule has 1 saturated heterocycles. The Morgan fingerprint density at radius 3 is 2.36 bits per heavy atom. The maximum atomic E-state index is 14.1. The van der Waals surface area contributed by atoms with E-state index in [2.05, 4.69) is 10.3 Å². The van der Waals surface area contributed by atoms with Crippen LogP contribution < -0.4 is 24.6 Å². The third-order valence-electron chi connectivity index (χ3n) is 7.95. The van der Waals surface area contributed by atoms with Gasteiger partial charge in [-0.1, -0.05) is 41.3 Å². The van der Waals surface area contributed by atoms with E-state index in [0.717, 1.165) is 40.1 Å². The minimum absolute atomic E-state index is 0.108. The van der Waals surface area contributed by atoms with Crippen LogP contribution in [0.3, 0.4) is 0 Å². The topological polar surface area (TPSA) is 144 Å². The minimum Gasteiger partial charge on any atom is -0.490 e. The van der Waals surface area contributed by atoms with Crippen LogP contribution >= 0.6 is 23.1 Å². The van der Waals surface area contributed by atoms with Crippen LogP contribution in [0.25, 0.3) is 0 Å². The zero-order valence-corrected chi connectivity index (χ0v) is 28.0. The number of para-hydroxylation sites is 1. The molecule has 6 rings (SSSR count). The number of nitrogens with one attached hydrogen (secondary N) is 2. The molecule has 3 heterocycles. The Bertz CT molecular complexity index is 2030. The first-order valence-corrected chi connectivity index (χ1v) is 17.0. The maximum absolute atomic E-state index is 14.1. The van der Waals surface area contributed by atoms with Gasteiger partial charge in [0.25, 0.3) is 5.91 Å². The van der Waals surface area contributed by atoms with Crippen molar-refractivity contribution in [2.75, 3.05) is 30.0 Å². The molecule has 260 valence electrons. The molecule has 0 bridgehead atoms. The number of carbonyl (C=O) groups excluding carboxylic acids is 4. The monoisotopic (exact) mass is 727 g/mol. The lowest BCUT2D eigenvalue weighted by molar-refractivity contribution is -0.137. The predicted molar refractivity (Wildman–Crippen MR) is 178 cm³/mol. The number of esters is 1. The molecule has 1 aromatic heterocycles. The smallest absolute Gasteiger partial charge is 0.418 e. The summed E-state index contributed by atoms with van der Waals surface area (Å²) in [5.41, 5.74) is -0.367. The normalized spacial score (nSPS) is 18.3. The first-order chi connectivity index (χ1) is 23.9. The average Bonchev–Trinajstić information content (AvgIpc) is 3.57. The van der Waals surface area contributed by atoms with Crippen molar-refractivity contribution in [3.05, 3.63) is 98.0 Å². The van der Waals surface area contributed by atoms with Crippen molar-refractivity contribution >= 4 is 58.2 Å². The molecule has 3 amide bonds. The summed E-state index contributed by atoms with van der Waals surface area (Å²) in [7, 11) is 0. The molecule has 2 unspecified atom stereocenters. The number of thioether (sulfide) groups is 1. The molecule has 2 aliphatic rings. The number of benzene rings is 3. The highest BCUT2D eigenvalue weighted by molar-refractivity contribution is 8.00. The van der Waals surface area contributed by atoms with Crippen molar-refractivity contribution < 1.29 is 46.6 Å². The lowest BCUT2D eigenvalue weighted by atomic mass is 9.83. The van der Waals surface area contributed by atoms with E-state index >= 15 is 0 Å². The van der Waals surface area contributed by atoms with Gasteiger partial charge >= 0.3 is 17.0 Å². The van der Waals surface area contributed by atoms with Gasteiger partial charge in [0.15, 0.2) is 18.1 Å². The Balaban J connectivity index is 1.28. The summed E-state index contributed by atoms with van der Waals surface area (Å²) in [5, 5.41) is 1.80. The number of amides is 3. The number of halogens is 3. The largest absolute Gasteiger partial charge is 0.490 e. The van der Waals surface area contributed by atoms with Gasteiger partial charge in [-0.3, -0.25) is 19.2 Å². The van der Waals surface area contributed by atoms with Crippen LogP contribution in [0.5, 0.6) is 11.5 Å². The number of aromatic amines is 1. The van der Waals surface area contributed by atoms with Gasteiger partial charge in [0.2, 0.25) is 11.8 Å². The van der Waals surface area contributed by atoms with Gasteiger partial charge in [-0.2, -0.15) is 13.2 Å². The van der Waals surface area contributed by atoms with Gasteiger partial charge in [-0.25, -0.2) is 9.69 Å². The number of fused-ring (bicyclic) bond motifs is 2. The number of nitrogens with zero attached hydrogens (tertiary/aromatic N) is 1. The summed E-state index contributed by atoms with van der Waals surface area (Å²) >= 11 is 2.02. The van der Waals surface area contributed by atoms with Crippen molar-refractivity contribution in [3.8, 4) is 11.5 Å². The highest BCUT2D eigenvalue weighted by Gasteiger charge is 2.56. The van der Waals surface area contributed by atoms with Crippen molar-refractivity contribution in [3.63, 3.8) is 0 Å². The van der Waals surface area contributed by atoms with Crippen LogP contribution in [0.2, 0.25) is 0 Å². The van der Waals surface area contributed by atoms with E-state index in [1.54, 1.807) is 26.0 Å². The zero-order valence-electron chi connectivity index (χ0n) is 26.4. The summed E-state index contributed by atoms with van der Waals surface area (Å²) in [4.78, 5) is 69.2. The van der Waals surface area contributed by atoms with E-state index in [1.165, 1.54) is 42.5 Å². The first kappa shape index (κ1) is 34.8. The molecule has 3 atom stereocenters. The fourth-order valence-corrected chi connectivity index (χ4v) is 8.38. The van der Waals surface area contributed by atoms with Crippen molar-refractivity contribution in [1.29, 1.82) is 0 Å². The van der Waals surface area contributed by atoms with Gasteiger partial charge in [0.05, 0.1) is 46.7 Å². The van der Waals surface area contributed by atoms with Gasteiger partial charge in [-0.15, -0.1) is 0 Å². The summed E-state index contributed by atoms with van der Waals surface area (Å²) in [6.07, 6.45) is -4.68. The number of H-pyrrole nitrogens is 1. The Labute approximate surface area is 290 Å². The van der Waals surface area contributed by atoms with Crippen LogP contribution in [0.4, 0.5) is 24.5 Å². The number of ether oxygens (including phenoxy) is 3. The number of rotatable bonds is 10. The van der Waals surface area contributed by atoms with E-state index in [-0.39, 0.29) is 40.8 Å². The molecule has 0 radical (unpaired) electrons. The molecule has 0 saturated carbocycles. The molecular weight excluding hydrogens is 700 g/mol. The molecule has 0 aliphatic carbocycles. The SMILES string of the molecule is CCOC(=O)c1ccc(N2C(=O)C3Sc4[nH]c(=O)sc4[C@H](c4ccc(OCC(=O)Nc5ccccc5C(F)(F)F)c(OCC)c4)C3C2=O)cc1. The Kier molecular flexibility index (Phi) is 9.75. The Morgan fingerprint density at radius 2 is 1.66 bits per heavy atom. The number of carbonyl (C=O) groups is 4. The number of hydrogen-bond acceptors (Lipinski definition) is 10. The number of anilines is 2. The molecule has 50 heavy (non-hydrogen) atoms. The fourth-order valence-electron chi connectivity index (χ4n) is 5.87. The highest BCUT2D eigenvalue weighted by atomic mass is 32.2. The van der Waals surface area contributed by atoms with Gasteiger partial charge < -0.3 is 24.5 Å². The standard InChI is InChI=1S/C34H28F3N3O8S2/c1-3-46-23-15-18(11-14-22(23)48-16-24(41)38-21-8-6-5-7-20(21)34(35,36)37)25-26-28(49-29-27(25)50-33(45)39-29)31(43)40(30(26)42)19-12-9-17(10-13-19)32(44)47-4-2/h5-15,25-26,28H,3-4,16H2,1-2H3,(H,38,41)(H,39,45)/t25-,26?,28?/m1/s1. The van der Waals surface area contributed by atoms with E-state index in [9.17, 15) is 37.1 Å². The molecule has 16 heteroatoms. The van der Waals surface area contributed by atoms with Crippen molar-refractivity contribution in [2.24, 2.45) is 5.92 Å². The van der Waals surface area contributed by atoms with Gasteiger partial charge in [0, 0.05) is 10.8 Å². The van der Waals surface area contributed by atoms with Crippen molar-refractivity contribution in [2.45, 2.75) is 36.2 Å². The fraction of sp³-hybridized carbons (Fsp3) is 0.265. The highest BCUT2D eigenvalue weighted by Crippen LogP contribution is 2.54. The molecule has 2 N–H and O–H groups in total. The minimum atomic E-state index is -4.68. The second-order valence-corrected chi connectivity index (χ2v) is 13.2. The number of aromatic nitrogens is 1. The lowest BCUT2D eigenvalue weighted by Gasteiger charge is -2.30. The van der Waals surface area contributed by atoms with E-state index in [1.807, 2.05) is 0 Å². The molecule has 0 spiro atoms. The quantitative estimate of drug-likeness (QED) is 0.152. The van der Waals surface area contributed by atoms with E-state index in [4.69, 9.17) is 14.2 Å². The number of thiazole rings is 1. The summed E-state index contributed by atoms with van der Waals surface area (Å²) in [5.74, 6) is -3.75. The average molecular weight is 728 g/mol. The van der Waals surface area contributed by atoms with E-state index < -0.39 is 64.8 Å². The molecule has 1 fully saturated rings. The second-order valence-electron chi connectivity index (χ2n) is 11.0. The molecular formula is C34H28F3N3O8S2. The summed E-state index contributed by atoms with van der Waals surface area (Å²) < 4.78 is 56.7. The number of hydrogen-bond donors (Lipinski definition) is 2. The molecule has 4 aromatic rings. The van der Waals surface area contributed by atoms with Crippen LogP contribution in [-0.4, -0.2) is 53.7 Å². The van der Waals surface area contributed by atoms with Crippen LogP contribution in [0.1, 0.15) is 46.1 Å². The summed E-state index contributed by atoms with van der Waals surface area (Å²) in [6.45, 7) is 3.11. The Morgan fingerprint density at radius 1 is 0.920 bits per heavy atom. The van der Waals surface area contributed by atoms with Crippen molar-refractivity contribution in [1.82, 2.24) is 4.98 Å². The molecule has 2 aliphatic heterocycles. The lowest BCUT2D eigenvalue weighted by Crippen LogP contribution is -2.32. The number of alkyl halides is 3.